The van der Waals surface area contributed by atoms with E-state index in [1.54, 1.807) is 40.1 Å². The monoisotopic (exact) mass is 538 g/mol. The van der Waals surface area contributed by atoms with Crippen molar-refractivity contribution < 1.29 is 38.3 Å². The van der Waals surface area contributed by atoms with E-state index in [0.29, 0.717) is 42.8 Å². The van der Waals surface area contributed by atoms with E-state index in [4.69, 9.17) is 0 Å². The number of amides is 3. The van der Waals surface area contributed by atoms with Crippen LogP contribution in [-0.2, 0) is 32.3 Å². The van der Waals surface area contributed by atoms with Gasteiger partial charge >= 0.3 is 0 Å². The van der Waals surface area contributed by atoms with Crippen LogP contribution in [0.4, 0.5) is 10.1 Å². The number of thioether (sulfide) groups is 1. The summed E-state index contributed by atoms with van der Waals surface area (Å²) in [5.74, 6) is -3.20. The lowest BCUT2D eigenvalue weighted by Crippen LogP contribution is -2.55. The fourth-order valence-electron chi connectivity index (χ4n) is 4.57. The molecule has 3 aliphatic rings. The fraction of sp³-hybridized carbons (Fsp3) is 0.269. The molecule has 3 amide bonds. The molecule has 2 N–H and O–H groups in total. The number of fused-ring (bicyclic) bond motifs is 1. The Kier molecular flexibility index (Phi) is 6.89. The number of carboxylic acids is 1. The molecule has 2 aromatic rings. The van der Waals surface area contributed by atoms with Crippen molar-refractivity contribution in [1.29, 1.82) is 0 Å². The van der Waals surface area contributed by atoms with Gasteiger partial charge in [0.25, 0.3) is 5.91 Å². The van der Waals surface area contributed by atoms with Gasteiger partial charge in [-0.15, -0.1) is 11.8 Å². The van der Waals surface area contributed by atoms with Crippen LogP contribution in [0.1, 0.15) is 18.4 Å². The number of nitrogens with zero attached hydrogens (tertiary/aromatic N) is 3. The number of hydrogen-bond donors (Lipinski definition) is 2. The predicted octanol–water partition coefficient (Wildman–Crippen LogP) is 0.425. The van der Waals surface area contributed by atoms with Crippen LogP contribution in [0.3, 0.4) is 0 Å². The maximum Gasteiger partial charge on any atom is 0.290 e. The van der Waals surface area contributed by atoms with Crippen LogP contribution >= 0.6 is 11.8 Å². The van der Waals surface area contributed by atoms with Crippen molar-refractivity contribution in [3.8, 4) is 5.75 Å². The van der Waals surface area contributed by atoms with E-state index >= 15 is 0 Å². The number of β-lactam (4-membered cyclic amide) rings is 1. The molecule has 3 aliphatic heterocycles. The summed E-state index contributed by atoms with van der Waals surface area (Å²) < 4.78 is 15.1. The molecule has 1 unspecified atom stereocenters. The topological polar surface area (TPSA) is 134 Å². The number of likely N-dealkylation sites (tertiary alicyclic amines) is 1. The first-order chi connectivity index (χ1) is 18.2. The van der Waals surface area contributed by atoms with Gasteiger partial charge in [0.1, 0.15) is 0 Å². The number of aromatic hydroxyl groups is 1. The number of nitrogens with one attached hydrogen (secondary N) is 1. The average molecular weight is 539 g/mol. The number of phenols is 1. The van der Waals surface area contributed by atoms with Crippen LogP contribution in [0, 0.1) is 5.82 Å². The number of pyridine rings is 1. The standard InChI is InChI=1S/C26H23FN4O6S/c27-19-10-18(1-2-20(19)32)28-21(33)13-29-6-3-15(4-7-29)12-30-8-5-16(25(30)35)9-17-14-38-23-11-22(34)31(23)24(17)26(36)37/h1-4,6-7,9-10,23H,5,8,11-14H2,(H2-,28,32,33,36,37). The number of aliphatic carboxylic acids is 1. The van der Waals surface area contributed by atoms with Gasteiger partial charge in [-0.25, -0.2) is 4.39 Å². The largest absolute Gasteiger partial charge is 0.543 e. The van der Waals surface area contributed by atoms with Crippen LogP contribution in [0.5, 0.6) is 5.75 Å². The maximum atomic E-state index is 13.5. The third-order valence-corrected chi connectivity index (χ3v) is 7.77. The van der Waals surface area contributed by atoms with Crippen molar-refractivity contribution in [2.75, 3.05) is 17.6 Å². The Labute approximate surface area is 221 Å². The van der Waals surface area contributed by atoms with Gasteiger partial charge in [0.05, 0.1) is 23.5 Å². The van der Waals surface area contributed by atoms with Gasteiger partial charge in [-0.2, -0.15) is 4.57 Å². The summed E-state index contributed by atoms with van der Waals surface area (Å²) in [6.45, 7) is 0.786. The lowest BCUT2D eigenvalue weighted by Gasteiger charge is -2.45. The molecule has 1 aromatic heterocycles. The van der Waals surface area contributed by atoms with Crippen LogP contribution < -0.4 is 15.0 Å². The number of aromatic nitrogens is 1. The SMILES string of the molecule is O=C(C[n+]1ccc(CN2CCC(=CC3=C(C(=O)[O-])N4C(=O)CC4SC3)C2=O)cc1)Nc1ccc(O)c(F)c1. The summed E-state index contributed by atoms with van der Waals surface area (Å²) in [5, 5.41) is 23.3. The Balaban J connectivity index is 1.20. The van der Waals surface area contributed by atoms with Gasteiger partial charge in [-0.3, -0.25) is 19.3 Å². The van der Waals surface area contributed by atoms with E-state index in [2.05, 4.69) is 5.32 Å². The van der Waals surface area contributed by atoms with E-state index in [1.807, 2.05) is 0 Å². The zero-order valence-electron chi connectivity index (χ0n) is 20.1. The van der Waals surface area contributed by atoms with E-state index in [-0.39, 0.29) is 41.0 Å². The van der Waals surface area contributed by atoms with Gasteiger partial charge < -0.3 is 25.2 Å². The van der Waals surface area contributed by atoms with Crippen molar-refractivity contribution in [1.82, 2.24) is 9.80 Å². The second-order valence-corrected chi connectivity index (χ2v) is 10.3. The van der Waals surface area contributed by atoms with E-state index in [0.717, 1.165) is 17.7 Å². The molecule has 0 spiro atoms. The second-order valence-electron chi connectivity index (χ2n) is 9.13. The minimum Gasteiger partial charge on any atom is -0.543 e. The lowest BCUT2D eigenvalue weighted by molar-refractivity contribution is -0.684. The Hall–Kier alpha value is -4.19. The average Bonchev–Trinajstić information content (AvgIpc) is 3.21. The Bertz CT molecular complexity index is 1410. The molecular formula is C26H23FN4O6S. The molecular weight excluding hydrogens is 515 g/mol. The van der Waals surface area contributed by atoms with E-state index < -0.39 is 17.5 Å². The second kappa shape index (κ2) is 10.3. The number of hydrogen-bond acceptors (Lipinski definition) is 7. The highest BCUT2D eigenvalue weighted by Gasteiger charge is 2.43. The number of anilines is 1. The highest BCUT2D eigenvalue weighted by molar-refractivity contribution is 8.00. The molecule has 10 nitrogen and oxygen atoms in total. The smallest absolute Gasteiger partial charge is 0.290 e. The quantitative estimate of drug-likeness (QED) is 0.226. The molecule has 0 saturated carbocycles. The van der Waals surface area contributed by atoms with Crippen molar-refractivity contribution in [3.63, 3.8) is 0 Å². The summed E-state index contributed by atoms with van der Waals surface area (Å²) in [5.41, 5.74) is 1.83. The number of phenolic OH excluding ortho intramolecular Hbond substituents is 1. The fourth-order valence-corrected chi connectivity index (χ4v) is 5.79. The highest BCUT2D eigenvalue weighted by atomic mass is 32.2. The first-order valence-corrected chi connectivity index (χ1v) is 12.9. The van der Waals surface area contributed by atoms with Crippen molar-refractivity contribution in [2.45, 2.75) is 31.3 Å². The highest BCUT2D eigenvalue weighted by Crippen LogP contribution is 2.40. The van der Waals surface area contributed by atoms with Crippen LogP contribution in [0.15, 0.2) is 65.6 Å². The summed E-state index contributed by atoms with van der Waals surface area (Å²) >= 11 is 1.47. The molecule has 196 valence electrons. The van der Waals surface area contributed by atoms with Gasteiger partial charge in [0, 0.05) is 48.3 Å². The minimum absolute atomic E-state index is 0.0213. The number of carbonyl (C=O) groups excluding carboxylic acids is 4. The molecule has 5 rings (SSSR count). The first kappa shape index (κ1) is 25.5. The zero-order chi connectivity index (χ0) is 27.0. The van der Waals surface area contributed by atoms with Crippen LogP contribution in [-0.4, -0.2) is 56.3 Å². The van der Waals surface area contributed by atoms with E-state index in [9.17, 15) is 33.8 Å². The molecule has 0 bridgehead atoms. The molecule has 12 heteroatoms. The predicted molar refractivity (Wildman–Crippen MR) is 131 cm³/mol. The van der Waals surface area contributed by atoms with Gasteiger partial charge in [-0.05, 0) is 35.8 Å². The summed E-state index contributed by atoms with van der Waals surface area (Å²) in [6, 6.07) is 7.15. The van der Waals surface area contributed by atoms with Crippen LogP contribution in [0.25, 0.3) is 0 Å². The van der Waals surface area contributed by atoms with Crippen LogP contribution in [0.2, 0.25) is 0 Å². The number of benzene rings is 1. The summed E-state index contributed by atoms with van der Waals surface area (Å²) in [6.07, 6.45) is 5.73. The molecule has 0 radical (unpaired) electrons. The number of carbonyl (C=O) groups is 4. The first-order valence-electron chi connectivity index (χ1n) is 11.8. The molecule has 2 fully saturated rings. The Morgan fingerprint density at radius 2 is 2.00 bits per heavy atom. The number of rotatable bonds is 7. The molecule has 2 saturated heterocycles. The number of allylic oxidation sites excluding steroid dienone is 1. The summed E-state index contributed by atoms with van der Waals surface area (Å²) in [4.78, 5) is 51.8. The summed E-state index contributed by atoms with van der Waals surface area (Å²) in [7, 11) is 0. The van der Waals surface area contributed by atoms with Gasteiger partial charge in [-0.1, -0.05) is 0 Å². The van der Waals surface area contributed by atoms with Crippen molar-refractivity contribution in [3.05, 3.63) is 77.0 Å². The third-order valence-electron chi connectivity index (χ3n) is 6.53. The Morgan fingerprint density at radius 3 is 2.68 bits per heavy atom. The lowest BCUT2D eigenvalue weighted by atomic mass is 10.0. The Morgan fingerprint density at radius 1 is 1.24 bits per heavy atom. The third kappa shape index (κ3) is 5.12. The molecule has 1 aromatic carbocycles. The number of carboxylic acid groups (broad SMARTS) is 1. The number of halogens is 1. The van der Waals surface area contributed by atoms with Crippen molar-refractivity contribution in [2.24, 2.45) is 0 Å². The molecule has 4 heterocycles. The van der Waals surface area contributed by atoms with Gasteiger partial charge in [0.15, 0.2) is 24.0 Å². The normalized spacial score (nSPS) is 20.0. The van der Waals surface area contributed by atoms with E-state index in [1.165, 1.54) is 22.7 Å². The molecule has 1 atom stereocenters. The van der Waals surface area contributed by atoms with Gasteiger partial charge in [0.2, 0.25) is 18.4 Å². The minimum atomic E-state index is -1.42. The van der Waals surface area contributed by atoms with Crippen molar-refractivity contribution >= 4 is 41.1 Å². The zero-order valence-corrected chi connectivity index (χ0v) is 20.9. The maximum absolute atomic E-state index is 13.5. The molecule has 38 heavy (non-hydrogen) atoms. The molecule has 0 aliphatic carbocycles.